The maximum Gasteiger partial charge on any atom is 0.266 e. The molecule has 25 heavy (non-hydrogen) atoms. The second kappa shape index (κ2) is 7.61. The van der Waals surface area contributed by atoms with Gasteiger partial charge in [-0.05, 0) is 13.8 Å². The van der Waals surface area contributed by atoms with Crippen LogP contribution in [0, 0.1) is 6.92 Å². The first kappa shape index (κ1) is 18.9. The highest BCUT2D eigenvalue weighted by Crippen LogP contribution is 2.33. The van der Waals surface area contributed by atoms with E-state index in [0.717, 1.165) is 4.57 Å². The van der Waals surface area contributed by atoms with Crippen LogP contribution in [-0.4, -0.2) is 38.7 Å². The van der Waals surface area contributed by atoms with Crippen molar-refractivity contribution in [1.29, 1.82) is 0 Å². The summed E-state index contributed by atoms with van der Waals surface area (Å²) in [6, 6.07) is 0. The molecule has 0 atom stereocenters. The molecule has 0 aromatic carbocycles. The Morgan fingerprint density at radius 3 is 2.68 bits per heavy atom. The minimum Gasteiger partial charge on any atom is -0.493 e. The molecule has 0 radical (unpaired) electrons. The number of anilines is 1. The summed E-state index contributed by atoms with van der Waals surface area (Å²) in [7, 11) is 1.79. The third-order valence-corrected chi connectivity index (χ3v) is 4.74. The third-order valence-electron chi connectivity index (χ3n) is 3.40. The van der Waals surface area contributed by atoms with Gasteiger partial charge in [-0.1, -0.05) is 11.3 Å². The van der Waals surface area contributed by atoms with E-state index < -0.39 is 17.3 Å². The Hall–Kier alpha value is -2.47. The zero-order valence-corrected chi connectivity index (χ0v) is 15.5. The van der Waals surface area contributed by atoms with Gasteiger partial charge in [0.1, 0.15) is 11.3 Å². The van der Waals surface area contributed by atoms with E-state index in [4.69, 9.17) is 5.73 Å². The number of azo groups is 1. The van der Waals surface area contributed by atoms with Crippen LogP contribution in [0.1, 0.15) is 22.8 Å². The van der Waals surface area contributed by atoms with Gasteiger partial charge in [-0.2, -0.15) is 12.6 Å². The Labute approximate surface area is 152 Å². The number of rotatable bonds is 6. The minimum absolute atomic E-state index is 0.0189. The van der Waals surface area contributed by atoms with E-state index in [9.17, 15) is 14.7 Å². The number of aromatic hydroxyl groups is 1. The normalized spacial score (nSPS) is 11.2. The monoisotopic (exact) mass is 383 g/mol. The van der Waals surface area contributed by atoms with Crippen molar-refractivity contribution in [1.82, 2.24) is 14.8 Å². The van der Waals surface area contributed by atoms with Crippen LogP contribution in [0.25, 0.3) is 0 Å². The van der Waals surface area contributed by atoms with E-state index in [1.807, 2.05) is 0 Å². The number of amides is 1. The number of pyridine rings is 1. The fraction of sp³-hybridized carbons (Fsp3) is 0.385. The van der Waals surface area contributed by atoms with Crippen LogP contribution in [0.5, 0.6) is 5.88 Å². The summed E-state index contributed by atoms with van der Waals surface area (Å²) in [6.07, 6.45) is 0. The highest BCUT2D eigenvalue weighted by atomic mass is 32.1. The standard InChI is InChI=1S/C13H17N7O3S2/c1-4-20-10(22)7(9(14)21)6(2)8(11(20)23)15-16-12-17-18-13(25-12)19(3)5-24/h23-24H,4-5H2,1-3H3,(H2,14,21)/b16-15+. The minimum atomic E-state index is -0.894. The van der Waals surface area contributed by atoms with Crippen molar-refractivity contribution in [2.45, 2.75) is 20.4 Å². The van der Waals surface area contributed by atoms with E-state index in [1.54, 1.807) is 18.9 Å². The Morgan fingerprint density at radius 1 is 1.44 bits per heavy atom. The molecule has 2 aromatic heterocycles. The largest absolute Gasteiger partial charge is 0.493 e. The van der Waals surface area contributed by atoms with Gasteiger partial charge in [0.05, 0.1) is 5.88 Å². The Bertz CT molecular complexity index is 890. The number of thiol groups is 1. The van der Waals surface area contributed by atoms with Crippen LogP contribution in [0.15, 0.2) is 15.0 Å². The first-order valence-corrected chi connectivity index (χ1v) is 8.60. The van der Waals surface area contributed by atoms with Gasteiger partial charge in [0.25, 0.3) is 16.6 Å². The number of primary amides is 1. The van der Waals surface area contributed by atoms with Gasteiger partial charge in [-0.3, -0.25) is 14.2 Å². The molecule has 12 heteroatoms. The zero-order chi connectivity index (χ0) is 18.7. The zero-order valence-electron chi connectivity index (χ0n) is 13.8. The summed E-state index contributed by atoms with van der Waals surface area (Å²) in [4.78, 5) is 25.6. The molecule has 1 amide bonds. The molecule has 0 aliphatic rings. The molecule has 2 rings (SSSR count). The molecular weight excluding hydrogens is 366 g/mol. The maximum atomic E-state index is 12.2. The first-order valence-electron chi connectivity index (χ1n) is 7.15. The second-order valence-electron chi connectivity index (χ2n) is 4.99. The third kappa shape index (κ3) is 3.64. The summed E-state index contributed by atoms with van der Waals surface area (Å²) in [5, 5.41) is 26.8. The van der Waals surface area contributed by atoms with E-state index in [1.165, 1.54) is 18.3 Å². The van der Waals surface area contributed by atoms with Crippen molar-refractivity contribution in [2.24, 2.45) is 16.0 Å². The SMILES string of the molecule is CCn1c(O)c(/N=N/c2nnc(N(C)CS)s2)c(C)c(C(N)=O)c1=O. The molecule has 3 N–H and O–H groups in total. The molecule has 0 aliphatic carbocycles. The van der Waals surface area contributed by atoms with E-state index >= 15 is 0 Å². The molecule has 0 aliphatic heterocycles. The summed E-state index contributed by atoms with van der Waals surface area (Å²) in [5.74, 6) is -0.833. The lowest BCUT2D eigenvalue weighted by atomic mass is 10.1. The predicted molar refractivity (Wildman–Crippen MR) is 97.6 cm³/mol. The molecule has 0 saturated carbocycles. The predicted octanol–water partition coefficient (Wildman–Crippen LogP) is 1.57. The Balaban J connectivity index is 2.52. The number of carbonyl (C=O) groups is 1. The summed E-state index contributed by atoms with van der Waals surface area (Å²) >= 11 is 5.31. The number of hydrogen-bond acceptors (Lipinski definition) is 10. The number of carbonyl (C=O) groups excluding carboxylic acids is 1. The molecule has 0 saturated heterocycles. The average Bonchev–Trinajstić information content (AvgIpc) is 3.03. The topological polar surface area (TPSA) is 139 Å². The van der Waals surface area contributed by atoms with Crippen LogP contribution >= 0.6 is 24.0 Å². The lowest BCUT2D eigenvalue weighted by Gasteiger charge is -2.12. The lowest BCUT2D eigenvalue weighted by molar-refractivity contribution is 0.0997. The van der Waals surface area contributed by atoms with Crippen molar-refractivity contribution in [2.75, 3.05) is 17.8 Å². The Morgan fingerprint density at radius 2 is 2.12 bits per heavy atom. The van der Waals surface area contributed by atoms with E-state index in [0.29, 0.717) is 11.0 Å². The molecule has 2 aromatic rings. The van der Waals surface area contributed by atoms with Gasteiger partial charge in [-0.25, -0.2) is 0 Å². The van der Waals surface area contributed by atoms with E-state index in [2.05, 4.69) is 33.1 Å². The lowest BCUT2D eigenvalue weighted by Crippen LogP contribution is -2.30. The molecule has 0 unspecified atom stereocenters. The van der Waals surface area contributed by atoms with Crippen LogP contribution in [0.4, 0.5) is 16.0 Å². The van der Waals surface area contributed by atoms with Crippen molar-refractivity contribution < 1.29 is 9.90 Å². The molecule has 134 valence electrons. The molecule has 10 nitrogen and oxygen atoms in total. The number of aromatic nitrogens is 3. The molecule has 2 heterocycles. The molecule has 0 spiro atoms. The van der Waals surface area contributed by atoms with Crippen molar-refractivity contribution in [3.8, 4) is 5.88 Å². The molecule has 0 bridgehead atoms. The summed E-state index contributed by atoms with van der Waals surface area (Å²) < 4.78 is 1.00. The van der Waals surface area contributed by atoms with Crippen molar-refractivity contribution >= 4 is 45.8 Å². The average molecular weight is 383 g/mol. The van der Waals surface area contributed by atoms with Crippen LogP contribution in [0.3, 0.4) is 0 Å². The van der Waals surface area contributed by atoms with E-state index in [-0.39, 0.29) is 28.5 Å². The highest BCUT2D eigenvalue weighted by molar-refractivity contribution is 7.80. The highest BCUT2D eigenvalue weighted by Gasteiger charge is 2.21. The van der Waals surface area contributed by atoms with Crippen molar-refractivity contribution in [3.05, 3.63) is 21.5 Å². The summed E-state index contributed by atoms with van der Waals surface area (Å²) in [5.41, 5.74) is 4.51. The summed E-state index contributed by atoms with van der Waals surface area (Å²) in [6.45, 7) is 3.26. The number of nitrogens with zero attached hydrogens (tertiary/aromatic N) is 6. The fourth-order valence-electron chi connectivity index (χ4n) is 2.06. The first-order chi connectivity index (χ1) is 11.8. The van der Waals surface area contributed by atoms with Gasteiger partial charge in [-0.15, -0.1) is 20.4 Å². The van der Waals surface area contributed by atoms with Crippen molar-refractivity contribution in [3.63, 3.8) is 0 Å². The Kier molecular flexibility index (Phi) is 5.74. The van der Waals surface area contributed by atoms with Crippen LogP contribution < -0.4 is 16.2 Å². The second-order valence-corrected chi connectivity index (χ2v) is 6.21. The maximum absolute atomic E-state index is 12.2. The van der Waals surface area contributed by atoms with Gasteiger partial charge in [0.2, 0.25) is 11.0 Å². The number of hydrogen-bond donors (Lipinski definition) is 3. The van der Waals surface area contributed by atoms with Gasteiger partial charge in [0.15, 0.2) is 0 Å². The smallest absolute Gasteiger partial charge is 0.266 e. The quantitative estimate of drug-likeness (QED) is 0.393. The van der Waals surface area contributed by atoms with Crippen LogP contribution in [-0.2, 0) is 6.54 Å². The van der Waals surface area contributed by atoms with Gasteiger partial charge in [0, 0.05) is 19.2 Å². The molecular formula is C13H17N7O3S2. The van der Waals surface area contributed by atoms with Gasteiger partial charge < -0.3 is 15.7 Å². The number of nitrogens with two attached hydrogens (primary N) is 1. The molecule has 0 fully saturated rings. The fourth-order valence-corrected chi connectivity index (χ4v) is 2.92. The van der Waals surface area contributed by atoms with Crippen LogP contribution in [0.2, 0.25) is 0 Å². The van der Waals surface area contributed by atoms with Gasteiger partial charge >= 0.3 is 0 Å².